The maximum Gasteiger partial charge on any atom is 0.273 e. The van der Waals surface area contributed by atoms with Gasteiger partial charge in [0.15, 0.2) is 0 Å². The van der Waals surface area contributed by atoms with E-state index in [4.69, 9.17) is 0 Å². The molecule has 0 amide bonds. The number of hydrogen-bond donors (Lipinski definition) is 0. The lowest BCUT2D eigenvalue weighted by Crippen LogP contribution is -2.22. The van der Waals surface area contributed by atoms with Crippen LogP contribution < -0.4 is 0 Å². The molecule has 1 unspecified atom stereocenters. The molecule has 0 heterocycles. The monoisotopic (exact) mass is 182 g/mol. The molecule has 13 heavy (non-hydrogen) atoms. The normalized spacial score (nSPS) is 25.3. The Kier molecular flexibility index (Phi) is 1.86. The predicted molar refractivity (Wildman–Crippen MR) is 48.0 cm³/mol. The predicted octanol–water partition coefficient (Wildman–Crippen LogP) is 3.68. The molecule has 70 valence electrons. The Morgan fingerprint density at radius 2 is 2.00 bits per heavy atom. The van der Waals surface area contributed by atoms with Crippen LogP contribution in [-0.4, -0.2) is 0 Å². The Balaban J connectivity index is 2.55. The van der Waals surface area contributed by atoms with Crippen LogP contribution in [0, 0.1) is 0 Å². The average Bonchev–Trinajstić information content (AvgIpc) is 2.13. The standard InChI is InChI=1S/C11H12F2/c1-8-6-7-11(12,13)10-5-3-2-4-9(8)10/h2-5,8H,6-7H2,1H3. The van der Waals surface area contributed by atoms with Crippen molar-refractivity contribution in [1.82, 2.24) is 0 Å². The first kappa shape index (κ1) is 8.67. The van der Waals surface area contributed by atoms with Crippen LogP contribution in [0.1, 0.15) is 36.8 Å². The van der Waals surface area contributed by atoms with Crippen molar-refractivity contribution in [1.29, 1.82) is 0 Å². The molecule has 0 saturated carbocycles. The molecule has 0 spiro atoms. The third-order valence-corrected chi connectivity index (χ3v) is 2.78. The highest BCUT2D eigenvalue weighted by Gasteiger charge is 2.38. The maximum absolute atomic E-state index is 13.4. The lowest BCUT2D eigenvalue weighted by atomic mass is 9.82. The molecular weight excluding hydrogens is 170 g/mol. The van der Waals surface area contributed by atoms with Gasteiger partial charge in [0.1, 0.15) is 0 Å². The molecule has 2 heteroatoms. The van der Waals surface area contributed by atoms with Crippen LogP contribution in [-0.2, 0) is 5.92 Å². The summed E-state index contributed by atoms with van der Waals surface area (Å²) in [4.78, 5) is 0. The summed E-state index contributed by atoms with van der Waals surface area (Å²) in [5.74, 6) is -2.33. The van der Waals surface area contributed by atoms with Crippen molar-refractivity contribution < 1.29 is 8.78 Å². The van der Waals surface area contributed by atoms with Gasteiger partial charge in [-0.05, 0) is 17.9 Å². The van der Waals surface area contributed by atoms with E-state index >= 15 is 0 Å². The van der Waals surface area contributed by atoms with Crippen molar-refractivity contribution in [2.24, 2.45) is 0 Å². The third-order valence-electron chi connectivity index (χ3n) is 2.78. The van der Waals surface area contributed by atoms with Gasteiger partial charge in [-0.15, -0.1) is 0 Å². The van der Waals surface area contributed by atoms with Crippen molar-refractivity contribution >= 4 is 0 Å². The van der Waals surface area contributed by atoms with E-state index in [0.717, 1.165) is 5.56 Å². The third kappa shape index (κ3) is 1.34. The Morgan fingerprint density at radius 1 is 1.31 bits per heavy atom. The zero-order valence-corrected chi connectivity index (χ0v) is 7.56. The second kappa shape index (κ2) is 2.79. The van der Waals surface area contributed by atoms with Crippen molar-refractivity contribution in [3.63, 3.8) is 0 Å². The summed E-state index contributed by atoms with van der Waals surface area (Å²) in [5.41, 5.74) is 1.05. The van der Waals surface area contributed by atoms with Crippen molar-refractivity contribution in [2.75, 3.05) is 0 Å². The smallest absolute Gasteiger partial charge is 0.201 e. The fourth-order valence-electron chi connectivity index (χ4n) is 1.95. The quantitative estimate of drug-likeness (QED) is 0.574. The van der Waals surface area contributed by atoms with E-state index in [0.29, 0.717) is 6.42 Å². The fourth-order valence-corrected chi connectivity index (χ4v) is 1.95. The average molecular weight is 182 g/mol. The van der Waals surface area contributed by atoms with Gasteiger partial charge in [0.05, 0.1) is 0 Å². The zero-order chi connectivity index (χ0) is 9.47. The van der Waals surface area contributed by atoms with Gasteiger partial charge in [0.2, 0.25) is 0 Å². The van der Waals surface area contributed by atoms with Crippen LogP contribution in [0.4, 0.5) is 8.78 Å². The summed E-state index contributed by atoms with van der Waals surface area (Å²) in [6, 6.07) is 6.87. The van der Waals surface area contributed by atoms with Gasteiger partial charge in [-0.2, -0.15) is 0 Å². The van der Waals surface area contributed by atoms with E-state index in [1.54, 1.807) is 12.1 Å². The minimum Gasteiger partial charge on any atom is -0.201 e. The van der Waals surface area contributed by atoms with E-state index in [2.05, 4.69) is 0 Å². The summed E-state index contributed by atoms with van der Waals surface area (Å²) in [5, 5.41) is 0. The van der Waals surface area contributed by atoms with Crippen molar-refractivity contribution in [2.45, 2.75) is 31.6 Å². The first-order valence-electron chi connectivity index (χ1n) is 4.58. The molecule has 0 fully saturated rings. The minimum absolute atomic E-state index is 0.00875. The lowest BCUT2D eigenvalue weighted by molar-refractivity contribution is -0.0245. The van der Waals surface area contributed by atoms with Crippen LogP contribution in [0.25, 0.3) is 0 Å². The first-order valence-corrected chi connectivity index (χ1v) is 4.58. The van der Waals surface area contributed by atoms with E-state index in [9.17, 15) is 8.78 Å². The van der Waals surface area contributed by atoms with Gasteiger partial charge in [-0.1, -0.05) is 31.2 Å². The lowest BCUT2D eigenvalue weighted by Gasteiger charge is -2.29. The Morgan fingerprint density at radius 3 is 2.69 bits per heavy atom. The van der Waals surface area contributed by atoms with Crippen LogP contribution in [0.3, 0.4) is 0 Å². The number of halogens is 2. The Bertz CT molecular complexity index is 318. The fraction of sp³-hybridized carbons (Fsp3) is 0.455. The summed E-state index contributed by atoms with van der Waals surface area (Å²) in [6.07, 6.45) is 0.579. The molecule has 0 nitrogen and oxygen atoms in total. The van der Waals surface area contributed by atoms with Crippen LogP contribution in [0.15, 0.2) is 24.3 Å². The van der Waals surface area contributed by atoms with Crippen LogP contribution in [0.5, 0.6) is 0 Å². The van der Waals surface area contributed by atoms with E-state index in [1.807, 2.05) is 19.1 Å². The summed E-state index contributed by atoms with van der Waals surface area (Å²) >= 11 is 0. The van der Waals surface area contributed by atoms with Crippen molar-refractivity contribution in [3.05, 3.63) is 35.4 Å². The van der Waals surface area contributed by atoms with Gasteiger partial charge in [-0.25, -0.2) is 8.78 Å². The molecule has 0 aromatic heterocycles. The second-order valence-electron chi connectivity index (χ2n) is 3.73. The molecule has 1 aliphatic rings. The van der Waals surface area contributed by atoms with Gasteiger partial charge >= 0.3 is 0 Å². The molecule has 2 rings (SSSR count). The molecule has 1 atom stereocenters. The topological polar surface area (TPSA) is 0 Å². The molecule has 1 aromatic rings. The number of fused-ring (bicyclic) bond motifs is 1. The SMILES string of the molecule is CC1CCC(F)(F)c2ccccc21. The molecular formula is C11H12F2. The number of benzene rings is 1. The van der Waals surface area contributed by atoms with Gasteiger partial charge in [0, 0.05) is 12.0 Å². The number of rotatable bonds is 0. The molecule has 1 aromatic carbocycles. The summed E-state index contributed by atoms with van der Waals surface area (Å²) < 4.78 is 26.7. The van der Waals surface area contributed by atoms with E-state index in [1.165, 1.54) is 0 Å². The van der Waals surface area contributed by atoms with Crippen molar-refractivity contribution in [3.8, 4) is 0 Å². The first-order chi connectivity index (χ1) is 6.11. The Hall–Kier alpha value is -0.920. The summed E-state index contributed by atoms with van der Waals surface area (Å²) in [7, 11) is 0. The number of hydrogen-bond acceptors (Lipinski definition) is 0. The second-order valence-corrected chi connectivity index (χ2v) is 3.73. The molecule has 0 radical (unpaired) electrons. The van der Waals surface area contributed by atoms with Crippen LogP contribution >= 0.6 is 0 Å². The molecule has 0 saturated heterocycles. The maximum atomic E-state index is 13.4. The molecule has 0 bridgehead atoms. The van der Waals surface area contributed by atoms with E-state index in [-0.39, 0.29) is 17.9 Å². The molecule has 0 aliphatic heterocycles. The van der Waals surface area contributed by atoms with E-state index < -0.39 is 5.92 Å². The Labute approximate surface area is 76.6 Å². The highest BCUT2D eigenvalue weighted by molar-refractivity contribution is 5.35. The van der Waals surface area contributed by atoms with Crippen LogP contribution in [0.2, 0.25) is 0 Å². The largest absolute Gasteiger partial charge is 0.273 e. The summed E-state index contributed by atoms with van der Waals surface area (Å²) in [6.45, 7) is 2.01. The molecule has 1 aliphatic carbocycles. The van der Waals surface area contributed by atoms with Gasteiger partial charge < -0.3 is 0 Å². The minimum atomic E-state index is -2.61. The zero-order valence-electron chi connectivity index (χ0n) is 7.56. The van der Waals surface area contributed by atoms with Gasteiger partial charge in [-0.3, -0.25) is 0 Å². The molecule has 0 N–H and O–H groups in total. The number of alkyl halides is 2. The van der Waals surface area contributed by atoms with Gasteiger partial charge in [0.25, 0.3) is 5.92 Å². The highest BCUT2D eigenvalue weighted by atomic mass is 19.3. The highest BCUT2D eigenvalue weighted by Crippen LogP contribution is 2.44.